The lowest BCUT2D eigenvalue weighted by Gasteiger charge is -2.32. The normalized spacial score (nSPS) is 16.5. The van der Waals surface area contributed by atoms with Gasteiger partial charge in [0.1, 0.15) is 11.3 Å². The number of amides is 2. The molecule has 10 heteroatoms. The summed E-state index contributed by atoms with van der Waals surface area (Å²) in [6, 6.07) is 18.4. The Morgan fingerprint density at radius 3 is 2.60 bits per heavy atom. The van der Waals surface area contributed by atoms with Gasteiger partial charge in [-0.2, -0.15) is 0 Å². The van der Waals surface area contributed by atoms with Crippen LogP contribution in [-0.4, -0.2) is 62.7 Å². The van der Waals surface area contributed by atoms with Crippen molar-refractivity contribution in [3.05, 3.63) is 71.3 Å². The van der Waals surface area contributed by atoms with Gasteiger partial charge >= 0.3 is 0 Å². The number of carbonyl (C=O) groups excluding carboxylic acids is 2. The number of aromatic nitrogens is 3. The van der Waals surface area contributed by atoms with E-state index in [1.807, 2.05) is 36.2 Å². The van der Waals surface area contributed by atoms with Crippen LogP contribution in [0.5, 0.6) is 5.75 Å². The van der Waals surface area contributed by atoms with E-state index in [4.69, 9.17) is 15.5 Å². The number of piperidine rings is 1. The Bertz CT molecular complexity index is 2020. The number of rotatable bonds is 10. The third kappa shape index (κ3) is 5.95. The number of hydrogen-bond donors (Lipinski definition) is 3. The van der Waals surface area contributed by atoms with Crippen LogP contribution in [0.3, 0.4) is 0 Å². The van der Waals surface area contributed by atoms with Gasteiger partial charge in [0.25, 0.3) is 5.91 Å². The molecule has 10 nitrogen and oxygen atoms in total. The molecule has 3 heterocycles. The van der Waals surface area contributed by atoms with E-state index in [0.717, 1.165) is 76.1 Å². The average Bonchev–Trinajstić information content (AvgIpc) is 3.78. The van der Waals surface area contributed by atoms with Gasteiger partial charge in [-0.15, -0.1) is 0 Å². The van der Waals surface area contributed by atoms with E-state index in [1.165, 1.54) is 19.8 Å². The van der Waals surface area contributed by atoms with Gasteiger partial charge in [0, 0.05) is 56.7 Å². The van der Waals surface area contributed by atoms with Crippen molar-refractivity contribution in [2.75, 3.05) is 26.7 Å². The number of aliphatic hydroxyl groups excluding tert-OH is 1. The summed E-state index contributed by atoms with van der Waals surface area (Å²) >= 11 is 0. The van der Waals surface area contributed by atoms with Crippen LogP contribution in [0.25, 0.3) is 44.6 Å². The van der Waals surface area contributed by atoms with E-state index in [9.17, 15) is 14.7 Å². The highest BCUT2D eigenvalue weighted by atomic mass is 16.5. The summed E-state index contributed by atoms with van der Waals surface area (Å²) in [6.45, 7) is 4.59. The van der Waals surface area contributed by atoms with Gasteiger partial charge in [-0.1, -0.05) is 30.3 Å². The number of fused-ring (bicyclic) bond motifs is 2. The molecule has 0 unspecified atom stereocenters. The van der Waals surface area contributed by atoms with E-state index < -0.39 is 0 Å². The predicted octanol–water partition coefficient (Wildman–Crippen LogP) is 5.22. The Labute approximate surface area is 280 Å². The lowest BCUT2D eigenvalue weighted by Crippen LogP contribution is -2.42. The zero-order valence-electron chi connectivity index (χ0n) is 28.0. The molecule has 7 rings (SSSR count). The van der Waals surface area contributed by atoms with Crippen LogP contribution >= 0.6 is 0 Å². The Balaban J connectivity index is 1.34. The van der Waals surface area contributed by atoms with E-state index >= 15 is 0 Å². The molecule has 4 N–H and O–H groups in total. The number of nitrogens with zero attached hydrogens (tertiary/aromatic N) is 4. The van der Waals surface area contributed by atoms with Gasteiger partial charge in [-0.25, -0.2) is 4.98 Å². The highest BCUT2D eigenvalue weighted by Gasteiger charge is 2.29. The highest BCUT2D eigenvalue weighted by molar-refractivity contribution is 6.01. The standard InChI is InChI=1S/C38H44N6O4/c1-23(46)40-19-28-12-11-26(14-30(28)22-45)31-8-4-7-27-16-33(44(35(27)31)21-24-9-10-24)37-41-32-15-29(17-34(48-3)36(32)42(37)2)38(47)43-13-5-6-25(18-39)20-43/h4,7-8,11-12,14-17,24-25,45H,5-6,9-10,13,18-22,39H2,1-3H3,(H,40,46)/t25-/m0/s1. The SMILES string of the molecule is COc1cc(C(=O)N2CCC[C@@H](CN)C2)cc2nc(-c3cc4cccc(-c5ccc(CNC(C)=O)c(CO)c5)c4n3CC3CC3)n(C)c12. The summed E-state index contributed by atoms with van der Waals surface area (Å²) < 4.78 is 10.3. The minimum absolute atomic E-state index is 0.0154. The minimum atomic E-state index is -0.120. The number of ether oxygens (including phenoxy) is 1. The van der Waals surface area contributed by atoms with Crippen molar-refractivity contribution in [3.63, 3.8) is 0 Å². The second kappa shape index (κ2) is 13.1. The molecule has 1 aliphatic carbocycles. The van der Waals surface area contributed by atoms with Crippen molar-refractivity contribution in [2.45, 2.75) is 52.3 Å². The number of nitrogens with one attached hydrogen (secondary N) is 1. The first-order chi connectivity index (χ1) is 23.3. The van der Waals surface area contributed by atoms with E-state index in [-0.39, 0.29) is 18.4 Å². The van der Waals surface area contributed by atoms with Crippen molar-refractivity contribution >= 4 is 33.8 Å². The number of aliphatic hydroxyl groups is 1. The molecule has 48 heavy (non-hydrogen) atoms. The molecule has 1 aliphatic heterocycles. The van der Waals surface area contributed by atoms with E-state index in [1.54, 1.807) is 7.11 Å². The average molecular weight is 649 g/mol. The van der Waals surface area contributed by atoms with Crippen LogP contribution in [0.2, 0.25) is 0 Å². The molecule has 0 spiro atoms. The van der Waals surface area contributed by atoms with Crippen LogP contribution < -0.4 is 15.8 Å². The van der Waals surface area contributed by atoms with Gasteiger partial charge < -0.3 is 34.9 Å². The summed E-state index contributed by atoms with van der Waals surface area (Å²) in [7, 11) is 3.64. The van der Waals surface area contributed by atoms with Crippen LogP contribution in [0.4, 0.5) is 0 Å². The maximum Gasteiger partial charge on any atom is 0.254 e. The monoisotopic (exact) mass is 648 g/mol. The largest absolute Gasteiger partial charge is 0.494 e. The molecular formula is C38H44N6O4. The second-order valence-corrected chi connectivity index (χ2v) is 13.4. The number of nitrogens with two attached hydrogens (primary N) is 1. The zero-order chi connectivity index (χ0) is 33.5. The van der Waals surface area contributed by atoms with Gasteiger partial charge in [0.15, 0.2) is 5.82 Å². The maximum absolute atomic E-state index is 13.7. The molecule has 2 aromatic heterocycles. The molecule has 0 bridgehead atoms. The molecule has 1 saturated carbocycles. The summed E-state index contributed by atoms with van der Waals surface area (Å²) in [6.07, 6.45) is 4.39. The van der Waals surface area contributed by atoms with Crippen molar-refractivity contribution in [1.29, 1.82) is 0 Å². The molecule has 2 fully saturated rings. The molecule has 5 aromatic rings. The first kappa shape index (κ1) is 31.9. The lowest BCUT2D eigenvalue weighted by atomic mass is 9.97. The first-order valence-electron chi connectivity index (χ1n) is 16.9. The second-order valence-electron chi connectivity index (χ2n) is 13.4. The van der Waals surface area contributed by atoms with Gasteiger partial charge in [0.2, 0.25) is 5.91 Å². The lowest BCUT2D eigenvalue weighted by molar-refractivity contribution is -0.119. The minimum Gasteiger partial charge on any atom is -0.494 e. The fourth-order valence-corrected chi connectivity index (χ4v) is 7.27. The Kier molecular flexibility index (Phi) is 8.70. The fourth-order valence-electron chi connectivity index (χ4n) is 7.27. The van der Waals surface area contributed by atoms with Crippen LogP contribution in [-0.2, 0) is 31.5 Å². The summed E-state index contributed by atoms with van der Waals surface area (Å²) in [4.78, 5) is 32.3. The molecule has 2 amide bonds. The number of para-hydroxylation sites is 1. The molecule has 250 valence electrons. The van der Waals surface area contributed by atoms with Crippen molar-refractivity contribution in [3.8, 4) is 28.4 Å². The van der Waals surface area contributed by atoms with Gasteiger partial charge in [0.05, 0.1) is 30.4 Å². The zero-order valence-corrected chi connectivity index (χ0v) is 28.0. The summed E-state index contributed by atoms with van der Waals surface area (Å²) in [5.74, 6) is 2.21. The topological polar surface area (TPSA) is 128 Å². The number of imidazole rings is 1. The van der Waals surface area contributed by atoms with Crippen molar-refractivity contribution in [1.82, 2.24) is 24.3 Å². The summed E-state index contributed by atoms with van der Waals surface area (Å²) in [5, 5.41) is 14.2. The Morgan fingerprint density at radius 2 is 1.88 bits per heavy atom. The summed E-state index contributed by atoms with van der Waals surface area (Å²) in [5.41, 5.74) is 14.0. The molecular weight excluding hydrogens is 604 g/mol. The number of benzene rings is 3. The molecule has 2 aliphatic rings. The smallest absolute Gasteiger partial charge is 0.254 e. The van der Waals surface area contributed by atoms with E-state index in [2.05, 4.69) is 44.8 Å². The highest BCUT2D eigenvalue weighted by Crippen LogP contribution is 2.41. The predicted molar refractivity (Wildman–Crippen MR) is 187 cm³/mol. The molecule has 1 saturated heterocycles. The maximum atomic E-state index is 13.7. The van der Waals surface area contributed by atoms with Crippen molar-refractivity contribution in [2.24, 2.45) is 24.6 Å². The van der Waals surface area contributed by atoms with Crippen LogP contribution in [0.1, 0.15) is 54.1 Å². The number of carbonyl (C=O) groups is 2. The van der Waals surface area contributed by atoms with Gasteiger partial charge in [-0.05, 0) is 85.0 Å². The Hall–Kier alpha value is -4.67. The van der Waals surface area contributed by atoms with Gasteiger partial charge in [-0.3, -0.25) is 9.59 Å². The van der Waals surface area contributed by atoms with Crippen LogP contribution in [0.15, 0.2) is 54.6 Å². The van der Waals surface area contributed by atoms with Crippen molar-refractivity contribution < 1.29 is 19.4 Å². The molecule has 1 atom stereocenters. The quantitative estimate of drug-likeness (QED) is 0.191. The number of methoxy groups -OCH3 is 1. The third-order valence-corrected chi connectivity index (χ3v) is 10.0. The fraction of sp³-hybridized carbons (Fsp3) is 0.395. The van der Waals surface area contributed by atoms with Crippen LogP contribution in [0, 0.1) is 11.8 Å². The van der Waals surface area contributed by atoms with E-state index in [0.29, 0.717) is 48.3 Å². The molecule has 0 radical (unpaired) electrons. The third-order valence-electron chi connectivity index (χ3n) is 10.0. The Morgan fingerprint density at radius 1 is 1.04 bits per heavy atom. The number of hydrogen-bond acceptors (Lipinski definition) is 6. The first-order valence-corrected chi connectivity index (χ1v) is 16.9. The number of likely N-dealkylation sites (tertiary alicyclic amines) is 1. The molecule has 3 aromatic carbocycles. The number of aryl methyl sites for hydroxylation is 1.